The fourth-order valence-corrected chi connectivity index (χ4v) is 2.65. The molecule has 1 atom stereocenters. The van der Waals surface area contributed by atoms with E-state index < -0.39 is 11.9 Å². The molecule has 1 aliphatic heterocycles. The van der Waals surface area contributed by atoms with Crippen LogP contribution < -0.4 is 5.32 Å². The Kier molecular flexibility index (Phi) is 5.19. The fourth-order valence-electron chi connectivity index (χ4n) is 2.31. The van der Waals surface area contributed by atoms with Crippen LogP contribution in [0.25, 0.3) is 0 Å². The summed E-state index contributed by atoms with van der Waals surface area (Å²) >= 11 is 3.11. The summed E-state index contributed by atoms with van der Waals surface area (Å²) < 4.78 is 10.7. The standard InChI is InChI=1S/C13H16BrNO5/c14-11-5-9(7-20-11)12(16)15-6-10(13(17)18)8-1-3-19-4-2-8/h5,7-8,10H,1-4,6H2,(H,15,16)(H,17,18). The van der Waals surface area contributed by atoms with Crippen molar-refractivity contribution in [2.75, 3.05) is 19.8 Å². The van der Waals surface area contributed by atoms with Gasteiger partial charge in [-0.3, -0.25) is 9.59 Å². The molecule has 0 spiro atoms. The molecule has 7 heteroatoms. The van der Waals surface area contributed by atoms with Gasteiger partial charge < -0.3 is 19.6 Å². The van der Waals surface area contributed by atoms with Crippen LogP contribution in [-0.4, -0.2) is 36.7 Å². The first-order valence-electron chi connectivity index (χ1n) is 6.40. The predicted molar refractivity (Wildman–Crippen MR) is 73.4 cm³/mol. The van der Waals surface area contributed by atoms with Crippen molar-refractivity contribution in [3.63, 3.8) is 0 Å². The molecule has 1 aromatic heterocycles. The Morgan fingerprint density at radius 1 is 1.45 bits per heavy atom. The summed E-state index contributed by atoms with van der Waals surface area (Å²) in [5.41, 5.74) is 0.369. The highest BCUT2D eigenvalue weighted by atomic mass is 79.9. The van der Waals surface area contributed by atoms with Crippen molar-refractivity contribution >= 4 is 27.8 Å². The van der Waals surface area contributed by atoms with Gasteiger partial charge in [-0.05, 0) is 34.7 Å². The minimum absolute atomic E-state index is 0.0395. The number of carbonyl (C=O) groups excluding carboxylic acids is 1. The second kappa shape index (κ2) is 6.90. The third kappa shape index (κ3) is 3.83. The summed E-state index contributed by atoms with van der Waals surface area (Å²) in [6.07, 6.45) is 2.75. The maximum Gasteiger partial charge on any atom is 0.308 e. The van der Waals surface area contributed by atoms with Crippen LogP contribution in [0.3, 0.4) is 0 Å². The van der Waals surface area contributed by atoms with Crippen molar-refractivity contribution in [2.24, 2.45) is 11.8 Å². The Labute approximate surface area is 124 Å². The molecule has 2 N–H and O–H groups in total. The number of halogens is 1. The predicted octanol–water partition coefficient (Wildman–Crippen LogP) is 1.90. The van der Waals surface area contributed by atoms with Crippen molar-refractivity contribution in [2.45, 2.75) is 12.8 Å². The molecule has 0 bridgehead atoms. The van der Waals surface area contributed by atoms with E-state index in [-0.39, 0.29) is 18.4 Å². The highest BCUT2D eigenvalue weighted by molar-refractivity contribution is 9.10. The van der Waals surface area contributed by atoms with Crippen molar-refractivity contribution in [3.05, 3.63) is 22.6 Å². The average molecular weight is 346 g/mol. The third-order valence-electron chi connectivity index (χ3n) is 3.46. The number of carboxylic acid groups (broad SMARTS) is 1. The normalized spacial score (nSPS) is 17.6. The first-order chi connectivity index (χ1) is 9.58. The lowest BCUT2D eigenvalue weighted by atomic mass is 9.86. The van der Waals surface area contributed by atoms with E-state index in [9.17, 15) is 14.7 Å². The zero-order chi connectivity index (χ0) is 14.5. The monoisotopic (exact) mass is 345 g/mol. The van der Waals surface area contributed by atoms with Gasteiger partial charge in [-0.15, -0.1) is 0 Å². The number of hydrogen-bond acceptors (Lipinski definition) is 4. The molecule has 6 nitrogen and oxygen atoms in total. The molecule has 110 valence electrons. The van der Waals surface area contributed by atoms with Crippen molar-refractivity contribution in [1.82, 2.24) is 5.32 Å². The number of carbonyl (C=O) groups is 2. The molecule has 20 heavy (non-hydrogen) atoms. The molecule has 2 heterocycles. The number of rotatable bonds is 5. The zero-order valence-corrected chi connectivity index (χ0v) is 12.4. The van der Waals surface area contributed by atoms with Crippen LogP contribution in [0.5, 0.6) is 0 Å². The molecule has 0 saturated carbocycles. The van der Waals surface area contributed by atoms with E-state index in [2.05, 4.69) is 21.2 Å². The second-order valence-corrected chi connectivity index (χ2v) is 5.53. The number of furan rings is 1. The van der Waals surface area contributed by atoms with E-state index in [1.807, 2.05) is 0 Å². The van der Waals surface area contributed by atoms with Gasteiger partial charge in [0, 0.05) is 25.8 Å². The van der Waals surface area contributed by atoms with Crippen LogP contribution in [0.15, 0.2) is 21.4 Å². The molecule has 0 aliphatic carbocycles. The van der Waals surface area contributed by atoms with Crippen LogP contribution in [0.2, 0.25) is 0 Å². The number of nitrogens with one attached hydrogen (secondary N) is 1. The van der Waals surface area contributed by atoms with Crippen molar-refractivity contribution < 1.29 is 23.8 Å². The number of aliphatic carboxylic acids is 1. The van der Waals surface area contributed by atoms with E-state index in [4.69, 9.17) is 9.15 Å². The topological polar surface area (TPSA) is 88.8 Å². The maximum absolute atomic E-state index is 11.9. The molecule has 1 aliphatic rings. The van der Waals surface area contributed by atoms with E-state index in [0.717, 1.165) is 0 Å². The minimum atomic E-state index is -0.884. The highest BCUT2D eigenvalue weighted by Gasteiger charge is 2.30. The lowest BCUT2D eigenvalue weighted by Gasteiger charge is -2.27. The SMILES string of the molecule is O=C(NCC(C(=O)O)C1CCOCC1)c1coc(Br)c1. The van der Waals surface area contributed by atoms with E-state index >= 15 is 0 Å². The highest BCUT2D eigenvalue weighted by Crippen LogP contribution is 2.24. The summed E-state index contributed by atoms with van der Waals surface area (Å²) in [5, 5.41) is 11.9. The molecular formula is C13H16BrNO5. The van der Waals surface area contributed by atoms with E-state index in [1.54, 1.807) is 6.07 Å². The summed E-state index contributed by atoms with van der Waals surface area (Å²) in [6, 6.07) is 1.54. The maximum atomic E-state index is 11.9. The molecule has 2 rings (SSSR count). The molecule has 0 radical (unpaired) electrons. The number of carboxylic acids is 1. The van der Waals surface area contributed by atoms with Gasteiger partial charge in [0.2, 0.25) is 0 Å². The Balaban J connectivity index is 1.91. The minimum Gasteiger partial charge on any atom is -0.481 e. The van der Waals surface area contributed by atoms with Crippen LogP contribution in [0.4, 0.5) is 0 Å². The third-order valence-corrected chi connectivity index (χ3v) is 3.88. The Morgan fingerprint density at radius 3 is 2.70 bits per heavy atom. The molecule has 1 unspecified atom stereocenters. The molecule has 1 aromatic rings. The van der Waals surface area contributed by atoms with Gasteiger partial charge in [0.05, 0.1) is 11.5 Å². The van der Waals surface area contributed by atoms with Gasteiger partial charge >= 0.3 is 5.97 Å². The molecule has 1 amide bonds. The van der Waals surface area contributed by atoms with Crippen LogP contribution >= 0.6 is 15.9 Å². The van der Waals surface area contributed by atoms with E-state index in [1.165, 1.54) is 6.26 Å². The van der Waals surface area contributed by atoms with Gasteiger partial charge in [0.25, 0.3) is 5.91 Å². The first-order valence-corrected chi connectivity index (χ1v) is 7.20. The number of amides is 1. The van der Waals surface area contributed by atoms with Crippen LogP contribution in [0.1, 0.15) is 23.2 Å². The van der Waals surface area contributed by atoms with Gasteiger partial charge in [0.1, 0.15) is 6.26 Å². The van der Waals surface area contributed by atoms with E-state index in [0.29, 0.717) is 36.3 Å². The zero-order valence-electron chi connectivity index (χ0n) is 10.8. The lowest BCUT2D eigenvalue weighted by Crippen LogP contribution is -2.38. The number of ether oxygens (including phenoxy) is 1. The quantitative estimate of drug-likeness (QED) is 0.850. The second-order valence-electron chi connectivity index (χ2n) is 4.74. The van der Waals surface area contributed by atoms with Crippen LogP contribution in [-0.2, 0) is 9.53 Å². The molecule has 0 aromatic carbocycles. The fraction of sp³-hybridized carbons (Fsp3) is 0.538. The average Bonchev–Trinajstić information content (AvgIpc) is 2.86. The van der Waals surface area contributed by atoms with Gasteiger partial charge in [-0.2, -0.15) is 0 Å². The van der Waals surface area contributed by atoms with Crippen molar-refractivity contribution in [3.8, 4) is 0 Å². The Morgan fingerprint density at radius 2 is 2.15 bits per heavy atom. The molecule has 1 fully saturated rings. The molecule has 1 saturated heterocycles. The smallest absolute Gasteiger partial charge is 0.308 e. The van der Waals surface area contributed by atoms with Gasteiger partial charge in [-0.25, -0.2) is 0 Å². The van der Waals surface area contributed by atoms with Gasteiger partial charge in [-0.1, -0.05) is 0 Å². The summed E-state index contributed by atoms with van der Waals surface area (Å²) in [5.74, 6) is -1.76. The Hall–Kier alpha value is -1.34. The Bertz CT molecular complexity index is 481. The summed E-state index contributed by atoms with van der Waals surface area (Å²) in [4.78, 5) is 23.2. The first kappa shape index (κ1) is 15.1. The van der Waals surface area contributed by atoms with Crippen LogP contribution in [0, 0.1) is 11.8 Å². The number of hydrogen-bond donors (Lipinski definition) is 2. The van der Waals surface area contributed by atoms with Gasteiger partial charge in [0.15, 0.2) is 4.67 Å². The van der Waals surface area contributed by atoms with Crippen molar-refractivity contribution in [1.29, 1.82) is 0 Å². The summed E-state index contributed by atoms with van der Waals surface area (Å²) in [7, 11) is 0. The lowest BCUT2D eigenvalue weighted by molar-refractivity contribution is -0.144. The molecular weight excluding hydrogens is 330 g/mol. The summed E-state index contributed by atoms with van der Waals surface area (Å²) in [6.45, 7) is 1.27. The largest absolute Gasteiger partial charge is 0.481 e.